The third-order valence-corrected chi connectivity index (χ3v) is 2.28. The molecule has 0 saturated heterocycles. The summed E-state index contributed by atoms with van der Waals surface area (Å²) in [5.74, 6) is 5.18. The molecule has 0 spiro atoms. The average molecular weight is 255 g/mol. The van der Waals surface area contributed by atoms with Crippen LogP contribution in [0.15, 0.2) is 0 Å². The number of hydrogen-bond donors (Lipinski definition) is 4. The van der Waals surface area contributed by atoms with Crippen molar-refractivity contribution in [3.63, 3.8) is 0 Å². The van der Waals surface area contributed by atoms with Crippen LogP contribution in [0.25, 0.3) is 0 Å². The van der Waals surface area contributed by atoms with E-state index in [0.29, 0.717) is 0 Å². The van der Waals surface area contributed by atoms with E-state index >= 15 is 0 Å². The quantitative estimate of drug-likeness (QED) is 0.378. The molecule has 0 aromatic carbocycles. The fraction of sp³-hybridized carbons (Fsp3) is 0.556. The number of primary amides is 1. The number of aromatic nitrogens is 3. The fourth-order valence-corrected chi connectivity index (χ4v) is 0.979. The van der Waals surface area contributed by atoms with Crippen LogP contribution in [0.2, 0.25) is 0 Å². The molecule has 0 aliphatic carbocycles. The van der Waals surface area contributed by atoms with Crippen molar-refractivity contribution >= 4 is 17.8 Å². The fourth-order valence-electron chi connectivity index (χ4n) is 0.979. The lowest BCUT2D eigenvalue weighted by Crippen LogP contribution is -2.37. The number of rotatable bonds is 6. The van der Waals surface area contributed by atoms with Crippen molar-refractivity contribution in [1.82, 2.24) is 15.0 Å². The molecule has 0 aliphatic rings. The molecule has 6 N–H and O–H groups in total. The molecule has 9 heteroatoms. The SMILES string of the molecule is COc1nc(NN)nc(NCC(C)(C)C(N)=O)n1. The number of anilines is 2. The Morgan fingerprint density at radius 1 is 1.33 bits per heavy atom. The van der Waals surface area contributed by atoms with Gasteiger partial charge in [-0.3, -0.25) is 10.2 Å². The number of ether oxygens (including phenoxy) is 1. The largest absolute Gasteiger partial charge is 0.467 e. The monoisotopic (exact) mass is 255 g/mol. The molecule has 1 rings (SSSR count). The minimum absolute atomic E-state index is 0.109. The lowest BCUT2D eigenvalue weighted by molar-refractivity contribution is -0.125. The van der Waals surface area contributed by atoms with Crippen LogP contribution >= 0.6 is 0 Å². The molecular formula is C9H17N7O2. The molecule has 0 saturated carbocycles. The van der Waals surface area contributed by atoms with Crippen LogP contribution in [0.5, 0.6) is 6.01 Å². The van der Waals surface area contributed by atoms with Crippen molar-refractivity contribution in [2.24, 2.45) is 17.0 Å². The summed E-state index contributed by atoms with van der Waals surface area (Å²) in [6, 6.07) is 0.109. The van der Waals surface area contributed by atoms with Gasteiger partial charge in [0, 0.05) is 6.54 Å². The first-order chi connectivity index (χ1) is 8.39. The first-order valence-corrected chi connectivity index (χ1v) is 5.19. The van der Waals surface area contributed by atoms with Gasteiger partial charge in [0.1, 0.15) is 0 Å². The summed E-state index contributed by atoms with van der Waals surface area (Å²) in [6.45, 7) is 3.70. The van der Waals surface area contributed by atoms with Gasteiger partial charge in [0.2, 0.25) is 17.8 Å². The molecule has 100 valence electrons. The third-order valence-electron chi connectivity index (χ3n) is 2.28. The van der Waals surface area contributed by atoms with Gasteiger partial charge >= 0.3 is 6.01 Å². The van der Waals surface area contributed by atoms with Gasteiger partial charge in [-0.25, -0.2) is 5.84 Å². The molecule has 1 heterocycles. The van der Waals surface area contributed by atoms with Gasteiger partial charge in [-0.15, -0.1) is 0 Å². The van der Waals surface area contributed by atoms with Gasteiger partial charge in [-0.05, 0) is 13.8 Å². The highest BCUT2D eigenvalue weighted by molar-refractivity contribution is 5.80. The van der Waals surface area contributed by atoms with Crippen LogP contribution in [0.4, 0.5) is 11.9 Å². The number of carbonyl (C=O) groups excluding carboxylic acids is 1. The van der Waals surface area contributed by atoms with Gasteiger partial charge in [0.25, 0.3) is 0 Å². The van der Waals surface area contributed by atoms with Gasteiger partial charge < -0.3 is 15.8 Å². The molecule has 0 fully saturated rings. The summed E-state index contributed by atoms with van der Waals surface area (Å²) < 4.78 is 4.89. The summed E-state index contributed by atoms with van der Waals surface area (Å²) in [6.07, 6.45) is 0. The number of methoxy groups -OCH3 is 1. The minimum atomic E-state index is -0.726. The molecule has 1 amide bonds. The molecule has 0 radical (unpaired) electrons. The highest BCUT2D eigenvalue weighted by Crippen LogP contribution is 2.16. The van der Waals surface area contributed by atoms with E-state index in [1.54, 1.807) is 13.8 Å². The first-order valence-electron chi connectivity index (χ1n) is 5.19. The van der Waals surface area contributed by atoms with E-state index in [4.69, 9.17) is 16.3 Å². The number of nitrogens with two attached hydrogens (primary N) is 2. The Bertz CT molecular complexity index is 413. The van der Waals surface area contributed by atoms with E-state index in [2.05, 4.69) is 25.7 Å². The van der Waals surface area contributed by atoms with E-state index in [9.17, 15) is 4.79 Å². The number of nitrogens with one attached hydrogen (secondary N) is 2. The van der Waals surface area contributed by atoms with Crippen LogP contribution < -0.4 is 27.1 Å². The van der Waals surface area contributed by atoms with Crippen molar-refractivity contribution in [2.45, 2.75) is 13.8 Å². The molecule has 1 aromatic rings. The second kappa shape index (κ2) is 5.45. The number of hydrazine groups is 1. The Balaban J connectivity index is 2.81. The third kappa shape index (κ3) is 3.42. The van der Waals surface area contributed by atoms with Gasteiger partial charge in [-0.2, -0.15) is 15.0 Å². The molecule has 18 heavy (non-hydrogen) atoms. The average Bonchev–Trinajstić information content (AvgIpc) is 2.35. The van der Waals surface area contributed by atoms with Gasteiger partial charge in [-0.1, -0.05) is 0 Å². The number of nitrogen functional groups attached to an aromatic ring is 1. The molecule has 1 aromatic heterocycles. The Kier molecular flexibility index (Phi) is 4.21. The number of carbonyl (C=O) groups is 1. The predicted molar refractivity (Wildman–Crippen MR) is 65.7 cm³/mol. The van der Waals surface area contributed by atoms with Crippen LogP contribution in [0.3, 0.4) is 0 Å². The lowest BCUT2D eigenvalue weighted by Gasteiger charge is -2.20. The maximum Gasteiger partial charge on any atom is 0.322 e. The minimum Gasteiger partial charge on any atom is -0.467 e. The summed E-state index contributed by atoms with van der Waals surface area (Å²) in [7, 11) is 1.42. The predicted octanol–water partition coefficient (Wildman–Crippen LogP) is -0.911. The Hall–Kier alpha value is -2.16. The maximum atomic E-state index is 11.2. The normalized spacial score (nSPS) is 10.9. The van der Waals surface area contributed by atoms with E-state index in [-0.39, 0.29) is 24.5 Å². The maximum absolute atomic E-state index is 11.2. The summed E-state index contributed by atoms with van der Waals surface area (Å²) in [5.41, 5.74) is 6.82. The second-order valence-electron chi connectivity index (χ2n) is 4.22. The lowest BCUT2D eigenvalue weighted by atomic mass is 9.93. The van der Waals surface area contributed by atoms with Crippen LogP contribution in [0, 0.1) is 5.41 Å². The van der Waals surface area contributed by atoms with Crippen LogP contribution in [-0.4, -0.2) is 34.5 Å². The molecule has 0 aliphatic heterocycles. The number of amides is 1. The van der Waals surface area contributed by atoms with Gasteiger partial charge in [0.15, 0.2) is 0 Å². The molecule has 9 nitrogen and oxygen atoms in total. The first kappa shape index (κ1) is 13.9. The van der Waals surface area contributed by atoms with Crippen molar-refractivity contribution in [3.05, 3.63) is 0 Å². The molecule has 0 atom stereocenters. The van der Waals surface area contributed by atoms with Gasteiger partial charge in [0.05, 0.1) is 12.5 Å². The van der Waals surface area contributed by atoms with Crippen molar-refractivity contribution < 1.29 is 9.53 Å². The topological polar surface area (TPSA) is 141 Å². The zero-order valence-electron chi connectivity index (χ0n) is 10.5. The Morgan fingerprint density at radius 2 is 1.94 bits per heavy atom. The number of nitrogens with zero attached hydrogens (tertiary/aromatic N) is 3. The van der Waals surface area contributed by atoms with E-state index < -0.39 is 11.3 Å². The molecule has 0 unspecified atom stereocenters. The number of hydrogen-bond acceptors (Lipinski definition) is 8. The highest BCUT2D eigenvalue weighted by Gasteiger charge is 2.25. The molecular weight excluding hydrogens is 238 g/mol. The van der Waals surface area contributed by atoms with Crippen LogP contribution in [0.1, 0.15) is 13.8 Å². The Labute approximate surface area is 104 Å². The summed E-state index contributed by atoms with van der Waals surface area (Å²) in [4.78, 5) is 22.9. The second-order valence-corrected chi connectivity index (χ2v) is 4.22. The van der Waals surface area contributed by atoms with Crippen LogP contribution in [-0.2, 0) is 4.79 Å². The van der Waals surface area contributed by atoms with E-state index in [1.165, 1.54) is 7.11 Å². The zero-order valence-corrected chi connectivity index (χ0v) is 10.5. The van der Waals surface area contributed by atoms with E-state index in [0.717, 1.165) is 0 Å². The summed E-state index contributed by atoms with van der Waals surface area (Å²) >= 11 is 0. The Morgan fingerprint density at radius 3 is 2.44 bits per heavy atom. The van der Waals surface area contributed by atoms with Crippen molar-refractivity contribution in [2.75, 3.05) is 24.4 Å². The van der Waals surface area contributed by atoms with Crippen molar-refractivity contribution in [3.8, 4) is 6.01 Å². The van der Waals surface area contributed by atoms with Crippen molar-refractivity contribution in [1.29, 1.82) is 0 Å². The molecule has 0 bridgehead atoms. The highest BCUT2D eigenvalue weighted by atomic mass is 16.5. The smallest absolute Gasteiger partial charge is 0.322 e. The zero-order chi connectivity index (χ0) is 13.8. The standard InChI is InChI=1S/C9H17N7O2/c1-9(2,5(10)17)4-12-6-13-7(16-11)15-8(14-6)18-3/h4,11H2,1-3H3,(H2,10,17)(H2,12,13,14,15,16). The van der Waals surface area contributed by atoms with E-state index in [1.807, 2.05) is 0 Å². The summed E-state index contributed by atoms with van der Waals surface area (Å²) in [5, 5.41) is 2.88.